The average molecular weight is 202 g/mol. The van der Waals surface area contributed by atoms with Gasteiger partial charge in [-0.15, -0.1) is 0 Å². The second kappa shape index (κ2) is 4.05. The molecule has 0 amide bonds. The molecule has 0 radical (unpaired) electrons. The maximum Gasteiger partial charge on any atom is 0.0160 e. The Hall–Kier alpha value is -0.950. The third kappa shape index (κ3) is 1.53. The van der Waals surface area contributed by atoms with Crippen LogP contribution in [0.15, 0.2) is 36.4 Å². The van der Waals surface area contributed by atoms with Crippen LogP contribution >= 0.6 is 12.6 Å². The van der Waals surface area contributed by atoms with Gasteiger partial charge in [0.1, 0.15) is 0 Å². The van der Waals surface area contributed by atoms with Gasteiger partial charge in [-0.05, 0) is 28.3 Å². The monoisotopic (exact) mass is 202 g/mol. The molecule has 0 atom stereocenters. The van der Waals surface area contributed by atoms with Crippen molar-refractivity contribution in [2.45, 2.75) is 19.1 Å². The van der Waals surface area contributed by atoms with Gasteiger partial charge in [0.15, 0.2) is 0 Å². The fourth-order valence-corrected chi connectivity index (χ4v) is 2.16. The first-order valence-corrected chi connectivity index (χ1v) is 5.60. The number of aryl methyl sites for hydroxylation is 1. The summed E-state index contributed by atoms with van der Waals surface area (Å²) in [5, 5.41) is 2.73. The van der Waals surface area contributed by atoms with Crippen molar-refractivity contribution in [2.24, 2.45) is 0 Å². The third-order valence-corrected chi connectivity index (χ3v) is 2.99. The summed E-state index contributed by atoms with van der Waals surface area (Å²) in [7, 11) is 0. The lowest BCUT2D eigenvalue weighted by Gasteiger charge is -2.07. The normalized spacial score (nSPS) is 10.7. The largest absolute Gasteiger partial charge is 0.175 e. The topological polar surface area (TPSA) is 0 Å². The summed E-state index contributed by atoms with van der Waals surface area (Å²) in [4.78, 5) is 0. The Kier molecular flexibility index (Phi) is 2.78. The zero-order chi connectivity index (χ0) is 9.97. The van der Waals surface area contributed by atoms with Crippen molar-refractivity contribution >= 4 is 23.4 Å². The maximum absolute atomic E-state index is 4.35. The molecular formula is C13H14S. The molecule has 0 aliphatic rings. The van der Waals surface area contributed by atoms with Gasteiger partial charge in [0.05, 0.1) is 0 Å². The molecule has 0 bridgehead atoms. The molecule has 14 heavy (non-hydrogen) atoms. The van der Waals surface area contributed by atoms with Crippen molar-refractivity contribution in [1.29, 1.82) is 0 Å². The molecule has 2 rings (SSSR count). The van der Waals surface area contributed by atoms with Crippen molar-refractivity contribution in [2.75, 3.05) is 0 Å². The maximum atomic E-state index is 4.35. The summed E-state index contributed by atoms with van der Waals surface area (Å²) in [5.74, 6) is 0.810. The molecule has 0 spiro atoms. The smallest absolute Gasteiger partial charge is 0.0160 e. The summed E-state index contributed by atoms with van der Waals surface area (Å²) in [6, 6.07) is 13.0. The first-order chi connectivity index (χ1) is 6.86. The van der Waals surface area contributed by atoms with E-state index in [4.69, 9.17) is 0 Å². The van der Waals surface area contributed by atoms with E-state index in [1.165, 1.54) is 21.9 Å². The molecule has 0 aromatic heterocycles. The van der Waals surface area contributed by atoms with E-state index in [9.17, 15) is 0 Å². The Morgan fingerprint density at radius 3 is 2.07 bits per heavy atom. The van der Waals surface area contributed by atoms with Gasteiger partial charge in [0, 0.05) is 5.75 Å². The van der Waals surface area contributed by atoms with E-state index in [2.05, 4.69) is 56.0 Å². The number of hydrogen-bond donors (Lipinski definition) is 1. The van der Waals surface area contributed by atoms with E-state index >= 15 is 0 Å². The highest BCUT2D eigenvalue weighted by Crippen LogP contribution is 2.23. The average Bonchev–Trinajstić information content (AvgIpc) is 2.27. The first-order valence-electron chi connectivity index (χ1n) is 4.97. The van der Waals surface area contributed by atoms with E-state index < -0.39 is 0 Å². The molecule has 72 valence electrons. The van der Waals surface area contributed by atoms with Crippen LogP contribution in [0.1, 0.15) is 18.1 Å². The third-order valence-electron chi connectivity index (χ3n) is 2.65. The summed E-state index contributed by atoms with van der Waals surface area (Å²) in [6.45, 7) is 2.20. The second-order valence-corrected chi connectivity index (χ2v) is 3.76. The second-order valence-electron chi connectivity index (χ2n) is 3.44. The van der Waals surface area contributed by atoms with E-state index in [0.717, 1.165) is 12.2 Å². The fourth-order valence-electron chi connectivity index (χ4n) is 1.89. The van der Waals surface area contributed by atoms with Crippen LogP contribution in [0.3, 0.4) is 0 Å². The zero-order valence-electron chi connectivity index (χ0n) is 8.33. The number of benzene rings is 2. The zero-order valence-corrected chi connectivity index (χ0v) is 9.22. The molecule has 2 aromatic carbocycles. The fraction of sp³-hybridized carbons (Fsp3) is 0.231. The highest BCUT2D eigenvalue weighted by atomic mass is 32.1. The van der Waals surface area contributed by atoms with Gasteiger partial charge in [-0.1, -0.05) is 43.3 Å². The van der Waals surface area contributed by atoms with Crippen LogP contribution in [0.5, 0.6) is 0 Å². The molecule has 0 saturated heterocycles. The summed E-state index contributed by atoms with van der Waals surface area (Å²) >= 11 is 4.35. The molecule has 1 heteroatoms. The summed E-state index contributed by atoms with van der Waals surface area (Å²) < 4.78 is 0. The van der Waals surface area contributed by atoms with Gasteiger partial charge < -0.3 is 0 Å². The van der Waals surface area contributed by atoms with Crippen molar-refractivity contribution < 1.29 is 0 Å². The minimum absolute atomic E-state index is 0.810. The summed E-state index contributed by atoms with van der Waals surface area (Å²) in [6.07, 6.45) is 1.09. The van der Waals surface area contributed by atoms with E-state index in [0.29, 0.717) is 0 Å². The van der Waals surface area contributed by atoms with Crippen LogP contribution in [-0.4, -0.2) is 0 Å². The Balaban J connectivity index is 2.77. The number of thiol groups is 1. The van der Waals surface area contributed by atoms with Crippen LogP contribution in [0, 0.1) is 0 Å². The molecule has 0 aliphatic heterocycles. The Morgan fingerprint density at radius 2 is 1.50 bits per heavy atom. The van der Waals surface area contributed by atoms with Crippen LogP contribution in [0.2, 0.25) is 0 Å². The van der Waals surface area contributed by atoms with Crippen molar-refractivity contribution in [3.63, 3.8) is 0 Å². The minimum Gasteiger partial charge on any atom is -0.175 e. The number of rotatable bonds is 2. The van der Waals surface area contributed by atoms with Gasteiger partial charge in [-0.25, -0.2) is 0 Å². The lowest BCUT2D eigenvalue weighted by molar-refractivity contribution is 1.16. The van der Waals surface area contributed by atoms with E-state index in [1.807, 2.05) is 0 Å². The molecule has 0 fully saturated rings. The Bertz CT molecular complexity index is 403. The summed E-state index contributed by atoms with van der Waals surface area (Å²) in [5.41, 5.74) is 2.74. The highest BCUT2D eigenvalue weighted by molar-refractivity contribution is 7.79. The van der Waals surface area contributed by atoms with Gasteiger partial charge in [-0.3, -0.25) is 0 Å². The predicted octanol–water partition coefficient (Wildman–Crippen LogP) is 3.83. The van der Waals surface area contributed by atoms with Gasteiger partial charge in [0.25, 0.3) is 0 Å². The predicted molar refractivity (Wildman–Crippen MR) is 66.0 cm³/mol. The molecule has 0 nitrogen and oxygen atoms in total. The van der Waals surface area contributed by atoms with Crippen molar-refractivity contribution in [1.82, 2.24) is 0 Å². The highest BCUT2D eigenvalue weighted by Gasteiger charge is 2.01. The van der Waals surface area contributed by atoms with Crippen LogP contribution in [0.4, 0.5) is 0 Å². The van der Waals surface area contributed by atoms with E-state index in [-0.39, 0.29) is 0 Å². The van der Waals surface area contributed by atoms with E-state index in [1.54, 1.807) is 0 Å². The number of fused-ring (bicyclic) bond motifs is 1. The molecule has 0 saturated carbocycles. The minimum atomic E-state index is 0.810. The Morgan fingerprint density at radius 1 is 0.929 bits per heavy atom. The standard InChI is InChI=1S/C13H14S/c1-2-10-5-3-8-13-11(9-14)6-4-7-12(10)13/h3-8,14H,2,9H2,1H3. The molecular weight excluding hydrogens is 188 g/mol. The lowest BCUT2D eigenvalue weighted by Crippen LogP contribution is -1.86. The first kappa shape index (κ1) is 9.60. The molecule has 0 unspecified atom stereocenters. The quantitative estimate of drug-likeness (QED) is 0.703. The van der Waals surface area contributed by atoms with Crippen molar-refractivity contribution in [3.05, 3.63) is 47.5 Å². The molecule has 0 aliphatic carbocycles. The SMILES string of the molecule is CCc1cccc2c(CS)cccc12. The van der Waals surface area contributed by atoms with Gasteiger partial charge in [-0.2, -0.15) is 12.6 Å². The van der Waals surface area contributed by atoms with Gasteiger partial charge in [0.2, 0.25) is 0 Å². The Labute approximate surface area is 90.4 Å². The number of hydrogen-bond acceptors (Lipinski definition) is 1. The molecule has 0 N–H and O–H groups in total. The molecule has 0 heterocycles. The lowest BCUT2D eigenvalue weighted by atomic mass is 9.99. The van der Waals surface area contributed by atoms with Crippen LogP contribution in [0.25, 0.3) is 10.8 Å². The van der Waals surface area contributed by atoms with Crippen LogP contribution < -0.4 is 0 Å². The molecule has 2 aromatic rings. The van der Waals surface area contributed by atoms with Crippen molar-refractivity contribution in [3.8, 4) is 0 Å². The van der Waals surface area contributed by atoms with Gasteiger partial charge >= 0.3 is 0 Å². The van der Waals surface area contributed by atoms with Crippen LogP contribution in [-0.2, 0) is 12.2 Å².